The van der Waals surface area contributed by atoms with Gasteiger partial charge in [0.25, 0.3) is 0 Å². The molecule has 0 saturated heterocycles. The Bertz CT molecular complexity index is 487. The zero-order valence-electron chi connectivity index (χ0n) is 13.4. The molecule has 0 unspecified atom stereocenters. The van der Waals surface area contributed by atoms with E-state index in [2.05, 4.69) is 42.4 Å². The smallest absolute Gasteiger partial charge is 0.193 e. The first-order valence-electron chi connectivity index (χ1n) is 7.67. The lowest BCUT2D eigenvalue weighted by molar-refractivity contribution is 0.0780. The van der Waals surface area contributed by atoms with Crippen LogP contribution in [0.25, 0.3) is 0 Å². The molecular formula is C17H27N3O. The molecule has 0 aromatic heterocycles. The van der Waals surface area contributed by atoms with Crippen molar-refractivity contribution >= 4 is 11.6 Å². The Morgan fingerprint density at radius 1 is 1.29 bits per heavy atom. The number of nitrogens with zero attached hydrogens (tertiary/aromatic N) is 1. The first-order valence-corrected chi connectivity index (χ1v) is 7.67. The number of hydrogen-bond donors (Lipinski definition) is 2. The van der Waals surface area contributed by atoms with E-state index >= 15 is 0 Å². The molecule has 21 heavy (non-hydrogen) atoms. The standard InChI is InChI=1S/C17H27N3O/c1-13-9-14(2)11-15(10-13)20-16(18)19-12-17(5-4-6-17)7-8-21-3/h9-11H,4-8,12H2,1-3H3,(H3,18,19,20). The van der Waals surface area contributed by atoms with E-state index in [1.54, 1.807) is 7.11 Å². The summed E-state index contributed by atoms with van der Waals surface area (Å²) >= 11 is 0. The molecule has 1 aliphatic rings. The summed E-state index contributed by atoms with van der Waals surface area (Å²) in [5.74, 6) is 0.503. The fourth-order valence-electron chi connectivity index (χ4n) is 2.97. The first-order chi connectivity index (χ1) is 10.0. The number of ether oxygens (including phenoxy) is 1. The summed E-state index contributed by atoms with van der Waals surface area (Å²) in [4.78, 5) is 4.55. The normalized spacial score (nSPS) is 17.4. The van der Waals surface area contributed by atoms with Gasteiger partial charge in [0, 0.05) is 25.9 Å². The third-order valence-corrected chi connectivity index (χ3v) is 4.33. The monoisotopic (exact) mass is 289 g/mol. The molecule has 0 spiro atoms. The maximum absolute atomic E-state index is 6.03. The third kappa shape index (κ3) is 4.46. The Morgan fingerprint density at radius 2 is 1.95 bits per heavy atom. The van der Waals surface area contributed by atoms with E-state index in [9.17, 15) is 0 Å². The highest BCUT2D eigenvalue weighted by Crippen LogP contribution is 2.44. The van der Waals surface area contributed by atoms with E-state index in [1.807, 2.05) is 0 Å². The number of aliphatic imine (C=N–C) groups is 1. The predicted octanol–water partition coefficient (Wildman–Crippen LogP) is 3.24. The molecule has 1 aromatic carbocycles. The molecule has 4 nitrogen and oxygen atoms in total. The maximum Gasteiger partial charge on any atom is 0.193 e. The van der Waals surface area contributed by atoms with Gasteiger partial charge in [0.1, 0.15) is 0 Å². The molecule has 116 valence electrons. The van der Waals surface area contributed by atoms with Crippen LogP contribution >= 0.6 is 0 Å². The highest BCUT2D eigenvalue weighted by atomic mass is 16.5. The summed E-state index contributed by atoms with van der Waals surface area (Å²) in [5, 5.41) is 3.20. The van der Waals surface area contributed by atoms with Gasteiger partial charge in [-0.1, -0.05) is 12.5 Å². The van der Waals surface area contributed by atoms with Crippen molar-refractivity contribution in [2.24, 2.45) is 16.1 Å². The molecule has 0 radical (unpaired) electrons. The van der Waals surface area contributed by atoms with Crippen molar-refractivity contribution in [1.82, 2.24) is 0 Å². The minimum Gasteiger partial charge on any atom is -0.385 e. The fraction of sp³-hybridized carbons (Fsp3) is 0.588. The summed E-state index contributed by atoms with van der Waals surface area (Å²) in [7, 11) is 1.76. The van der Waals surface area contributed by atoms with Gasteiger partial charge in [-0.25, -0.2) is 0 Å². The number of aryl methyl sites for hydroxylation is 2. The maximum atomic E-state index is 6.03. The summed E-state index contributed by atoms with van der Waals surface area (Å²) in [6, 6.07) is 6.31. The van der Waals surface area contributed by atoms with Gasteiger partial charge in [-0.3, -0.25) is 4.99 Å². The number of hydrogen-bond acceptors (Lipinski definition) is 2. The van der Waals surface area contributed by atoms with Crippen molar-refractivity contribution in [3.8, 4) is 0 Å². The van der Waals surface area contributed by atoms with Crippen molar-refractivity contribution < 1.29 is 4.74 Å². The number of rotatable bonds is 6. The van der Waals surface area contributed by atoms with E-state index < -0.39 is 0 Å². The van der Waals surface area contributed by atoms with Gasteiger partial charge < -0.3 is 15.8 Å². The molecule has 0 bridgehead atoms. The van der Waals surface area contributed by atoms with Gasteiger partial charge in [0.2, 0.25) is 0 Å². The number of guanidine groups is 1. The minimum atomic E-state index is 0.310. The van der Waals surface area contributed by atoms with Crippen molar-refractivity contribution in [3.63, 3.8) is 0 Å². The summed E-state index contributed by atoms with van der Waals surface area (Å²) in [6.07, 6.45) is 4.83. The van der Waals surface area contributed by atoms with E-state index in [-0.39, 0.29) is 0 Å². The van der Waals surface area contributed by atoms with E-state index in [1.165, 1.54) is 30.4 Å². The molecule has 2 rings (SSSR count). The number of benzene rings is 1. The lowest BCUT2D eigenvalue weighted by atomic mass is 9.67. The van der Waals surface area contributed by atoms with Gasteiger partial charge in [-0.15, -0.1) is 0 Å². The highest BCUT2D eigenvalue weighted by Gasteiger charge is 2.36. The average Bonchev–Trinajstić information content (AvgIpc) is 2.36. The predicted molar refractivity (Wildman–Crippen MR) is 88.8 cm³/mol. The van der Waals surface area contributed by atoms with Gasteiger partial charge in [0.05, 0.1) is 0 Å². The van der Waals surface area contributed by atoms with Gasteiger partial charge in [-0.05, 0) is 61.8 Å². The Kier molecular flexibility index (Phi) is 5.23. The van der Waals surface area contributed by atoms with Crippen LogP contribution in [-0.2, 0) is 4.74 Å². The molecule has 1 aromatic rings. The third-order valence-electron chi connectivity index (χ3n) is 4.33. The Hall–Kier alpha value is -1.55. The van der Waals surface area contributed by atoms with Crippen LogP contribution < -0.4 is 11.1 Å². The second-order valence-electron chi connectivity index (χ2n) is 6.30. The lowest BCUT2D eigenvalue weighted by Crippen LogP contribution is -2.35. The van der Waals surface area contributed by atoms with Crippen LogP contribution in [0.2, 0.25) is 0 Å². The molecule has 3 N–H and O–H groups in total. The Balaban J connectivity index is 1.94. The highest BCUT2D eigenvalue weighted by molar-refractivity contribution is 5.92. The topological polar surface area (TPSA) is 59.6 Å². The van der Waals surface area contributed by atoms with E-state index in [0.717, 1.165) is 25.3 Å². The molecular weight excluding hydrogens is 262 g/mol. The molecule has 0 amide bonds. The van der Waals surface area contributed by atoms with Gasteiger partial charge in [0.15, 0.2) is 5.96 Å². The van der Waals surface area contributed by atoms with Crippen molar-refractivity contribution in [2.75, 3.05) is 25.6 Å². The molecule has 1 saturated carbocycles. The van der Waals surface area contributed by atoms with Crippen LogP contribution in [0.15, 0.2) is 23.2 Å². The van der Waals surface area contributed by atoms with Crippen LogP contribution in [0.5, 0.6) is 0 Å². The molecule has 0 aliphatic heterocycles. The van der Waals surface area contributed by atoms with Crippen LogP contribution in [0.3, 0.4) is 0 Å². The summed E-state index contributed by atoms with van der Waals surface area (Å²) < 4.78 is 5.21. The molecule has 4 heteroatoms. The summed E-state index contributed by atoms with van der Waals surface area (Å²) in [5.41, 5.74) is 9.79. The van der Waals surface area contributed by atoms with E-state index in [4.69, 9.17) is 10.5 Å². The number of nitrogens with two attached hydrogens (primary N) is 1. The van der Waals surface area contributed by atoms with Crippen LogP contribution in [0.4, 0.5) is 5.69 Å². The minimum absolute atomic E-state index is 0.310. The quantitative estimate of drug-likeness (QED) is 0.624. The molecule has 0 heterocycles. The molecule has 1 aliphatic carbocycles. The zero-order chi connectivity index (χ0) is 15.3. The first kappa shape index (κ1) is 15.8. The van der Waals surface area contributed by atoms with Crippen molar-refractivity contribution in [1.29, 1.82) is 0 Å². The van der Waals surface area contributed by atoms with Crippen LogP contribution in [0, 0.1) is 19.3 Å². The zero-order valence-corrected chi connectivity index (χ0v) is 13.4. The number of anilines is 1. The Morgan fingerprint density at radius 3 is 2.48 bits per heavy atom. The number of nitrogens with one attached hydrogen (secondary N) is 1. The lowest BCUT2D eigenvalue weighted by Gasteiger charge is -2.40. The van der Waals surface area contributed by atoms with Crippen molar-refractivity contribution in [2.45, 2.75) is 39.5 Å². The van der Waals surface area contributed by atoms with E-state index in [0.29, 0.717) is 11.4 Å². The van der Waals surface area contributed by atoms with Crippen LogP contribution in [0.1, 0.15) is 36.8 Å². The van der Waals surface area contributed by atoms with Gasteiger partial charge in [-0.2, -0.15) is 0 Å². The second kappa shape index (κ2) is 6.94. The number of methoxy groups -OCH3 is 1. The molecule has 0 atom stereocenters. The average molecular weight is 289 g/mol. The molecule has 1 fully saturated rings. The van der Waals surface area contributed by atoms with Gasteiger partial charge >= 0.3 is 0 Å². The second-order valence-corrected chi connectivity index (χ2v) is 6.30. The van der Waals surface area contributed by atoms with Crippen LogP contribution in [-0.4, -0.2) is 26.2 Å². The SMILES string of the molecule is COCCC1(CN=C(N)Nc2cc(C)cc(C)c2)CCC1. The largest absolute Gasteiger partial charge is 0.385 e. The Labute approximate surface area is 127 Å². The summed E-state index contributed by atoms with van der Waals surface area (Å²) in [6.45, 7) is 5.76. The fourth-order valence-corrected chi connectivity index (χ4v) is 2.97. The van der Waals surface area contributed by atoms with Crippen molar-refractivity contribution in [3.05, 3.63) is 29.3 Å².